The van der Waals surface area contributed by atoms with Crippen molar-refractivity contribution in [2.45, 2.75) is 24.7 Å². The molecular formula is C13H17ClN2O3S. The second kappa shape index (κ2) is 6.11. The Morgan fingerprint density at radius 3 is 2.70 bits per heavy atom. The second-order valence-corrected chi connectivity index (χ2v) is 7.04. The molecule has 1 amide bonds. The molecule has 0 radical (unpaired) electrons. The van der Waals surface area contributed by atoms with E-state index in [0.717, 1.165) is 12.8 Å². The maximum Gasteiger partial charge on any atom is 0.240 e. The van der Waals surface area contributed by atoms with Gasteiger partial charge in [0.25, 0.3) is 0 Å². The Kier molecular flexibility index (Phi) is 4.67. The van der Waals surface area contributed by atoms with Crippen LogP contribution in [0.1, 0.15) is 18.4 Å². The summed E-state index contributed by atoms with van der Waals surface area (Å²) in [5.41, 5.74) is 0.629. The van der Waals surface area contributed by atoms with Crippen molar-refractivity contribution in [1.82, 2.24) is 10.0 Å². The van der Waals surface area contributed by atoms with Gasteiger partial charge in [0.1, 0.15) is 0 Å². The molecule has 0 spiro atoms. The summed E-state index contributed by atoms with van der Waals surface area (Å²) in [4.78, 5) is 11.6. The van der Waals surface area contributed by atoms with E-state index in [1.54, 1.807) is 19.1 Å². The van der Waals surface area contributed by atoms with Crippen LogP contribution in [0.25, 0.3) is 0 Å². The number of amides is 1. The van der Waals surface area contributed by atoms with Crippen molar-refractivity contribution >= 4 is 27.5 Å². The van der Waals surface area contributed by atoms with Gasteiger partial charge in [-0.1, -0.05) is 17.7 Å². The number of carbonyl (C=O) groups excluding carboxylic acids is 1. The zero-order valence-corrected chi connectivity index (χ0v) is 12.7. The van der Waals surface area contributed by atoms with Gasteiger partial charge in [-0.25, -0.2) is 13.1 Å². The third kappa shape index (κ3) is 3.94. The van der Waals surface area contributed by atoms with Crippen LogP contribution in [0, 0.1) is 12.8 Å². The number of carbonyl (C=O) groups is 1. The largest absolute Gasteiger partial charge is 0.355 e. The third-order valence-corrected chi connectivity index (χ3v) is 4.94. The van der Waals surface area contributed by atoms with Gasteiger partial charge < -0.3 is 5.32 Å². The Bertz CT molecular complexity index is 612. The normalized spacial score (nSPS) is 15.1. The molecule has 0 atom stereocenters. The number of sulfonamides is 1. The van der Waals surface area contributed by atoms with Crippen LogP contribution in [0.3, 0.4) is 0 Å². The molecule has 0 unspecified atom stereocenters. The standard InChI is InChI=1S/C13H17ClN2O3S/c1-9-2-5-11(14)8-12(9)20(18,19)16-7-6-15-13(17)10-3-4-10/h2,5,8,10,16H,3-4,6-7H2,1H3,(H,15,17). The monoisotopic (exact) mass is 316 g/mol. The fourth-order valence-electron chi connectivity index (χ4n) is 1.80. The molecule has 20 heavy (non-hydrogen) atoms. The summed E-state index contributed by atoms with van der Waals surface area (Å²) >= 11 is 5.82. The molecule has 110 valence electrons. The topological polar surface area (TPSA) is 75.3 Å². The lowest BCUT2D eigenvalue weighted by molar-refractivity contribution is -0.122. The van der Waals surface area contributed by atoms with Gasteiger partial charge in [0.15, 0.2) is 0 Å². The summed E-state index contributed by atoms with van der Waals surface area (Å²) in [6.07, 6.45) is 1.86. The lowest BCUT2D eigenvalue weighted by atomic mass is 10.2. The highest BCUT2D eigenvalue weighted by Crippen LogP contribution is 2.28. The second-order valence-electron chi connectivity index (χ2n) is 4.87. The SMILES string of the molecule is Cc1ccc(Cl)cc1S(=O)(=O)NCCNC(=O)C1CC1. The molecule has 1 aromatic carbocycles. The van der Waals surface area contributed by atoms with Crippen LogP contribution in [-0.4, -0.2) is 27.4 Å². The average Bonchev–Trinajstić information content (AvgIpc) is 3.21. The first-order chi connectivity index (χ1) is 9.40. The van der Waals surface area contributed by atoms with E-state index in [0.29, 0.717) is 10.6 Å². The highest BCUT2D eigenvalue weighted by atomic mass is 35.5. The zero-order valence-electron chi connectivity index (χ0n) is 11.1. The molecule has 1 aliphatic carbocycles. The van der Waals surface area contributed by atoms with Crippen molar-refractivity contribution in [3.05, 3.63) is 28.8 Å². The number of nitrogens with one attached hydrogen (secondary N) is 2. The van der Waals surface area contributed by atoms with Gasteiger partial charge in [-0.3, -0.25) is 4.79 Å². The molecule has 0 saturated heterocycles. The highest BCUT2D eigenvalue weighted by Gasteiger charge is 2.29. The molecule has 1 aromatic rings. The van der Waals surface area contributed by atoms with Crippen LogP contribution in [0.4, 0.5) is 0 Å². The quantitative estimate of drug-likeness (QED) is 0.780. The molecule has 2 N–H and O–H groups in total. The summed E-state index contributed by atoms with van der Waals surface area (Å²) in [5, 5.41) is 3.08. The molecule has 0 aliphatic heterocycles. The van der Waals surface area contributed by atoms with Gasteiger partial charge in [0.05, 0.1) is 4.90 Å². The Labute approximate surface area is 123 Å². The van der Waals surface area contributed by atoms with Gasteiger partial charge in [-0.2, -0.15) is 0 Å². The maximum absolute atomic E-state index is 12.1. The molecule has 5 nitrogen and oxygen atoms in total. The number of hydrogen-bond acceptors (Lipinski definition) is 3. The average molecular weight is 317 g/mol. The van der Waals surface area contributed by atoms with Gasteiger partial charge in [-0.05, 0) is 37.5 Å². The van der Waals surface area contributed by atoms with Gasteiger partial charge in [-0.15, -0.1) is 0 Å². The number of hydrogen-bond donors (Lipinski definition) is 2. The van der Waals surface area contributed by atoms with Crippen LogP contribution in [-0.2, 0) is 14.8 Å². The number of halogens is 1. The van der Waals surface area contributed by atoms with E-state index in [1.165, 1.54) is 6.07 Å². The zero-order chi connectivity index (χ0) is 14.8. The molecular weight excluding hydrogens is 300 g/mol. The van der Waals surface area contributed by atoms with E-state index in [-0.39, 0.29) is 29.8 Å². The summed E-state index contributed by atoms with van der Waals surface area (Å²) in [5.74, 6) is 0.130. The van der Waals surface area contributed by atoms with E-state index in [4.69, 9.17) is 11.6 Å². The number of benzene rings is 1. The minimum atomic E-state index is -3.60. The molecule has 1 saturated carbocycles. The molecule has 1 fully saturated rings. The summed E-state index contributed by atoms with van der Waals surface area (Å²) in [6, 6.07) is 4.72. The highest BCUT2D eigenvalue weighted by molar-refractivity contribution is 7.89. The van der Waals surface area contributed by atoms with Crippen LogP contribution >= 0.6 is 11.6 Å². The third-order valence-electron chi connectivity index (χ3n) is 3.10. The van der Waals surface area contributed by atoms with Crippen molar-refractivity contribution in [1.29, 1.82) is 0 Å². The number of aryl methyl sites for hydroxylation is 1. The molecule has 7 heteroatoms. The minimum absolute atomic E-state index is 0.00290. The molecule has 2 rings (SSSR count). The van der Waals surface area contributed by atoms with E-state index in [1.807, 2.05) is 0 Å². The Morgan fingerprint density at radius 2 is 2.05 bits per heavy atom. The first-order valence-corrected chi connectivity index (χ1v) is 8.30. The summed E-state index contributed by atoms with van der Waals surface area (Å²) in [6.45, 7) is 2.15. The van der Waals surface area contributed by atoms with Crippen LogP contribution < -0.4 is 10.0 Å². The maximum atomic E-state index is 12.1. The van der Waals surface area contributed by atoms with Crippen LogP contribution in [0.15, 0.2) is 23.1 Å². The van der Waals surface area contributed by atoms with Crippen molar-refractivity contribution in [3.63, 3.8) is 0 Å². The predicted molar refractivity (Wildman–Crippen MR) is 77.1 cm³/mol. The predicted octanol–water partition coefficient (Wildman–Crippen LogP) is 1.45. The molecule has 0 aromatic heterocycles. The molecule has 0 bridgehead atoms. The van der Waals surface area contributed by atoms with Crippen LogP contribution in [0.2, 0.25) is 5.02 Å². The molecule has 1 aliphatic rings. The summed E-state index contributed by atoms with van der Waals surface area (Å²) in [7, 11) is -3.60. The van der Waals surface area contributed by atoms with Crippen molar-refractivity contribution in [2.24, 2.45) is 5.92 Å². The summed E-state index contributed by atoms with van der Waals surface area (Å²) < 4.78 is 26.7. The van der Waals surface area contributed by atoms with Crippen molar-refractivity contribution in [3.8, 4) is 0 Å². The minimum Gasteiger partial charge on any atom is -0.355 e. The van der Waals surface area contributed by atoms with Crippen molar-refractivity contribution in [2.75, 3.05) is 13.1 Å². The Morgan fingerprint density at radius 1 is 1.35 bits per heavy atom. The van der Waals surface area contributed by atoms with E-state index in [9.17, 15) is 13.2 Å². The van der Waals surface area contributed by atoms with Gasteiger partial charge in [0.2, 0.25) is 15.9 Å². The van der Waals surface area contributed by atoms with Crippen LogP contribution in [0.5, 0.6) is 0 Å². The van der Waals surface area contributed by atoms with E-state index in [2.05, 4.69) is 10.0 Å². The first kappa shape index (κ1) is 15.3. The van der Waals surface area contributed by atoms with Gasteiger partial charge >= 0.3 is 0 Å². The fraction of sp³-hybridized carbons (Fsp3) is 0.462. The van der Waals surface area contributed by atoms with Crippen molar-refractivity contribution < 1.29 is 13.2 Å². The van der Waals surface area contributed by atoms with Gasteiger partial charge in [0, 0.05) is 24.0 Å². The lowest BCUT2D eigenvalue weighted by Gasteiger charge is -2.10. The van der Waals surface area contributed by atoms with E-state index >= 15 is 0 Å². The Balaban J connectivity index is 1.90. The molecule has 0 heterocycles. The lowest BCUT2D eigenvalue weighted by Crippen LogP contribution is -2.35. The van der Waals surface area contributed by atoms with E-state index < -0.39 is 10.0 Å². The Hall–Kier alpha value is -1.11. The smallest absolute Gasteiger partial charge is 0.240 e. The number of rotatable bonds is 6. The fourth-order valence-corrected chi connectivity index (χ4v) is 3.34. The first-order valence-electron chi connectivity index (χ1n) is 6.44.